The third-order valence-corrected chi connectivity index (χ3v) is 13.1. The van der Waals surface area contributed by atoms with Gasteiger partial charge in [-0.25, -0.2) is 0 Å². The quantitative estimate of drug-likeness (QED) is 0.0934. The zero-order chi connectivity index (χ0) is 44.4. The number of esters is 1. The van der Waals surface area contributed by atoms with Crippen LogP contribution in [0, 0.1) is 23.7 Å². The Bertz CT molecular complexity index is 1240. The molecule has 1 amide bonds. The van der Waals surface area contributed by atoms with Gasteiger partial charge in [0.05, 0.1) is 48.1 Å². The number of amides is 1. The van der Waals surface area contributed by atoms with E-state index in [1.807, 2.05) is 41.7 Å². The number of carbonyl (C=O) groups excluding carboxylic acids is 2. The molecule has 0 spiro atoms. The van der Waals surface area contributed by atoms with Gasteiger partial charge >= 0.3 is 5.97 Å². The van der Waals surface area contributed by atoms with Gasteiger partial charge in [0.25, 0.3) is 0 Å². The highest BCUT2D eigenvalue weighted by molar-refractivity contribution is 5.76. The lowest BCUT2D eigenvalue weighted by Crippen LogP contribution is -2.58. The number of methoxy groups -OCH3 is 1. The number of carbonyl (C=O) groups is 2. The zero-order valence-electron chi connectivity index (χ0n) is 38.5. The number of ether oxygens (including phenoxy) is 7. The van der Waals surface area contributed by atoms with Crippen molar-refractivity contribution in [1.82, 2.24) is 10.2 Å². The summed E-state index contributed by atoms with van der Waals surface area (Å²) in [6, 6.07) is -0.0110. The van der Waals surface area contributed by atoms with E-state index in [0.717, 1.165) is 12.8 Å². The van der Waals surface area contributed by atoms with Crippen molar-refractivity contribution in [3.05, 3.63) is 0 Å². The molecule has 2 rings (SSSR count). The third-order valence-electron chi connectivity index (χ3n) is 13.1. The Morgan fingerprint density at radius 3 is 2.16 bits per heavy atom. The van der Waals surface area contributed by atoms with Gasteiger partial charge in [-0.05, 0) is 87.6 Å². The monoisotopic (exact) mass is 835 g/mol. The van der Waals surface area contributed by atoms with Gasteiger partial charge in [0.15, 0.2) is 12.6 Å². The summed E-state index contributed by atoms with van der Waals surface area (Å²) in [5, 5.41) is 48.6. The molecule has 15 nitrogen and oxygen atoms in total. The molecule has 342 valence electrons. The second-order valence-electron chi connectivity index (χ2n) is 18.0. The molecule has 2 aliphatic heterocycles. The second kappa shape index (κ2) is 23.1. The van der Waals surface area contributed by atoms with Crippen molar-refractivity contribution in [2.24, 2.45) is 23.7 Å². The topological polar surface area (TPSA) is 195 Å². The zero-order valence-corrected chi connectivity index (χ0v) is 38.5. The Labute approximate surface area is 349 Å². The first-order chi connectivity index (χ1) is 26.9. The van der Waals surface area contributed by atoms with E-state index in [9.17, 15) is 30.0 Å². The molecule has 58 heavy (non-hydrogen) atoms. The SMILES string of the molecule is CCC[C@@H](C)[C@H](OCC(=O)NC)[C@H](C)[C@@H](O)[C@](C)(O)[C@@H](CC)OC(=O)[C@H](C)[C@@H](O[C@H]1C[C@@](C)(OC)[C@@H](O)[C@H](C)O1)[C@H](C)[C@H](C)O[C@@H]1O[C@H](C)C[C@H](N(C)C(C)C)[C@H]1O. The van der Waals surface area contributed by atoms with Crippen LogP contribution in [0.4, 0.5) is 0 Å². The fraction of sp³-hybridized carbons (Fsp3) is 0.953. The van der Waals surface area contributed by atoms with Gasteiger partial charge < -0.3 is 58.9 Å². The van der Waals surface area contributed by atoms with Crippen LogP contribution in [0.2, 0.25) is 0 Å². The summed E-state index contributed by atoms with van der Waals surface area (Å²) in [6.45, 7) is 23.8. The molecule has 15 heteroatoms. The van der Waals surface area contributed by atoms with E-state index in [2.05, 4.69) is 24.1 Å². The van der Waals surface area contributed by atoms with E-state index in [-0.39, 0.29) is 49.5 Å². The Morgan fingerprint density at radius 1 is 1.00 bits per heavy atom. The van der Waals surface area contributed by atoms with Gasteiger partial charge in [-0.3, -0.25) is 14.5 Å². The highest BCUT2D eigenvalue weighted by Gasteiger charge is 2.50. The van der Waals surface area contributed by atoms with E-state index in [1.165, 1.54) is 21.1 Å². The average molecular weight is 835 g/mol. The molecule has 0 radical (unpaired) electrons. The third kappa shape index (κ3) is 13.3. The molecule has 2 aliphatic rings. The van der Waals surface area contributed by atoms with Crippen LogP contribution in [0.1, 0.15) is 122 Å². The van der Waals surface area contributed by atoms with E-state index in [4.69, 9.17) is 33.2 Å². The minimum absolute atomic E-state index is 0.0440. The summed E-state index contributed by atoms with van der Waals surface area (Å²) < 4.78 is 43.2. The van der Waals surface area contributed by atoms with Crippen molar-refractivity contribution in [3.8, 4) is 0 Å². The lowest BCUT2D eigenvalue weighted by Gasteiger charge is -2.47. The largest absolute Gasteiger partial charge is 0.459 e. The Kier molecular flexibility index (Phi) is 21.0. The lowest BCUT2D eigenvalue weighted by atomic mass is 9.78. The van der Waals surface area contributed by atoms with Crippen LogP contribution in [0.5, 0.6) is 0 Å². The number of aliphatic hydroxyl groups is 4. The highest BCUT2D eigenvalue weighted by atomic mass is 16.7. The molecule has 2 fully saturated rings. The minimum Gasteiger partial charge on any atom is -0.459 e. The van der Waals surface area contributed by atoms with Gasteiger partial charge in [-0.15, -0.1) is 0 Å². The summed E-state index contributed by atoms with van der Waals surface area (Å²) in [4.78, 5) is 28.5. The Balaban J connectivity index is 2.42. The molecule has 5 N–H and O–H groups in total. The smallest absolute Gasteiger partial charge is 0.311 e. The van der Waals surface area contributed by atoms with E-state index in [0.29, 0.717) is 6.42 Å². The fourth-order valence-electron chi connectivity index (χ4n) is 8.60. The normalized spacial score (nSPS) is 32.6. The van der Waals surface area contributed by atoms with Gasteiger partial charge in [-0.2, -0.15) is 0 Å². The van der Waals surface area contributed by atoms with E-state index < -0.39 is 96.3 Å². The first-order valence-corrected chi connectivity index (χ1v) is 21.6. The molecule has 0 aromatic carbocycles. The van der Waals surface area contributed by atoms with Gasteiger partial charge in [-0.1, -0.05) is 41.0 Å². The Hall–Kier alpha value is -1.50. The first kappa shape index (κ1) is 52.6. The van der Waals surface area contributed by atoms with Crippen molar-refractivity contribution in [3.63, 3.8) is 0 Å². The fourth-order valence-corrected chi connectivity index (χ4v) is 8.60. The molecule has 0 saturated carbocycles. The van der Waals surface area contributed by atoms with E-state index in [1.54, 1.807) is 34.6 Å². The molecule has 0 bridgehead atoms. The summed E-state index contributed by atoms with van der Waals surface area (Å²) in [5.74, 6) is -3.14. The number of nitrogens with zero attached hydrogens (tertiary/aromatic N) is 1. The highest BCUT2D eigenvalue weighted by Crippen LogP contribution is 2.37. The average Bonchev–Trinajstić information content (AvgIpc) is 3.17. The molecule has 18 atom stereocenters. The summed E-state index contributed by atoms with van der Waals surface area (Å²) in [7, 11) is 5.01. The lowest BCUT2D eigenvalue weighted by molar-refractivity contribution is -0.305. The maximum Gasteiger partial charge on any atom is 0.311 e. The van der Waals surface area contributed by atoms with Crippen molar-refractivity contribution in [1.29, 1.82) is 0 Å². The van der Waals surface area contributed by atoms with Crippen molar-refractivity contribution < 1.29 is 63.2 Å². The van der Waals surface area contributed by atoms with Crippen LogP contribution >= 0.6 is 0 Å². The first-order valence-electron chi connectivity index (χ1n) is 21.6. The summed E-state index contributed by atoms with van der Waals surface area (Å²) in [6.07, 6.45) is -6.53. The number of hydrogen-bond donors (Lipinski definition) is 5. The predicted molar refractivity (Wildman–Crippen MR) is 220 cm³/mol. The van der Waals surface area contributed by atoms with Crippen molar-refractivity contribution in [2.75, 3.05) is 27.8 Å². The molecular weight excluding hydrogens is 752 g/mol. The molecule has 2 saturated heterocycles. The molecule has 2 heterocycles. The van der Waals surface area contributed by atoms with Gasteiger partial charge in [0.2, 0.25) is 5.91 Å². The van der Waals surface area contributed by atoms with E-state index >= 15 is 0 Å². The molecule has 0 unspecified atom stereocenters. The van der Waals surface area contributed by atoms with Gasteiger partial charge in [0, 0.05) is 44.5 Å². The molecule has 0 aromatic heterocycles. The number of hydrogen-bond acceptors (Lipinski definition) is 14. The summed E-state index contributed by atoms with van der Waals surface area (Å²) in [5.41, 5.74) is -2.91. The van der Waals surface area contributed by atoms with Crippen LogP contribution in [0.15, 0.2) is 0 Å². The number of nitrogens with one attached hydrogen (secondary N) is 1. The molecule has 0 aromatic rings. The maximum atomic E-state index is 14.3. The van der Waals surface area contributed by atoms with Crippen LogP contribution in [0.25, 0.3) is 0 Å². The number of rotatable bonds is 23. The summed E-state index contributed by atoms with van der Waals surface area (Å²) >= 11 is 0. The van der Waals surface area contributed by atoms with Gasteiger partial charge in [0.1, 0.15) is 30.5 Å². The predicted octanol–water partition coefficient (Wildman–Crippen LogP) is 3.79. The Morgan fingerprint density at radius 2 is 1.62 bits per heavy atom. The van der Waals surface area contributed by atoms with Crippen molar-refractivity contribution >= 4 is 11.9 Å². The standard InChI is InChI=1S/C43H82N2O13/c1-17-19-24(5)36(53-22-33(46)44-14)27(8)38(48)43(13,51)32(18-2)57-40(50)28(9)37(58-34-21-42(12,52-16)39(49)30(11)55-34)26(7)29(10)56-41-35(47)31(20-25(6)54-41)45(15)23(3)4/h23-32,34-39,41,47-49,51H,17-22H2,1-16H3,(H,44,46)/t24-,25-,26-,27+,28-,29+,30+,31+,32-,34+,35-,36+,37+,38-,39+,41+,42-,43-/m1/s1. The number of likely N-dealkylation sites (N-methyl/N-ethyl adjacent to an activating group) is 2. The second-order valence-corrected chi connectivity index (χ2v) is 18.0. The molecular formula is C43H82N2O13. The van der Waals surface area contributed by atoms with Crippen LogP contribution in [-0.4, -0.2) is 156 Å². The molecule has 0 aliphatic carbocycles. The van der Waals surface area contributed by atoms with Crippen LogP contribution in [-0.2, 0) is 42.7 Å². The minimum atomic E-state index is -1.91. The number of aliphatic hydroxyl groups excluding tert-OH is 3. The maximum absolute atomic E-state index is 14.3. The van der Waals surface area contributed by atoms with Crippen LogP contribution < -0.4 is 5.32 Å². The van der Waals surface area contributed by atoms with Crippen molar-refractivity contribution in [2.45, 2.75) is 213 Å². The van der Waals surface area contributed by atoms with Crippen LogP contribution in [0.3, 0.4) is 0 Å².